The molecule has 27 heavy (non-hydrogen) atoms. The number of hydrazone groups is 1. The maximum absolute atomic E-state index is 12.8. The van der Waals surface area contributed by atoms with Gasteiger partial charge in [0.05, 0.1) is 11.2 Å². The van der Waals surface area contributed by atoms with Crippen LogP contribution in [0.2, 0.25) is 10.0 Å². The van der Waals surface area contributed by atoms with Crippen molar-refractivity contribution in [1.29, 1.82) is 0 Å². The van der Waals surface area contributed by atoms with Gasteiger partial charge in [-0.15, -0.1) is 11.3 Å². The molecule has 0 unspecified atom stereocenters. The summed E-state index contributed by atoms with van der Waals surface area (Å²) in [4.78, 5) is 13.0. The Labute approximate surface area is 160 Å². The molecule has 0 aliphatic rings. The normalized spacial score (nSPS) is 12.6. The standard InChI is InChI=1S/C13H5Cl2F6N3O2S/c14-5-1-4(7(25)6(15)2-5)3-22-24-10(26)8-9(12(16,17)18)23-11(27-8)13(19,20)21/h1-3,25H,(H,24,26). The molecule has 1 amide bonds. The summed E-state index contributed by atoms with van der Waals surface area (Å²) in [6.07, 6.45) is -9.64. The van der Waals surface area contributed by atoms with E-state index in [1.807, 2.05) is 0 Å². The van der Waals surface area contributed by atoms with E-state index < -0.39 is 50.9 Å². The Morgan fingerprint density at radius 1 is 1.19 bits per heavy atom. The summed E-state index contributed by atoms with van der Waals surface area (Å²) in [5.41, 5.74) is -0.451. The number of alkyl halides is 6. The van der Waals surface area contributed by atoms with Crippen molar-refractivity contribution in [3.8, 4) is 5.75 Å². The van der Waals surface area contributed by atoms with Gasteiger partial charge in [-0.25, -0.2) is 10.4 Å². The third kappa shape index (κ3) is 5.02. The summed E-state index contributed by atoms with van der Waals surface area (Å²) in [7, 11) is 0. The Bertz CT molecular complexity index is 911. The van der Waals surface area contributed by atoms with Crippen LogP contribution in [-0.2, 0) is 12.4 Å². The number of thiazole rings is 1. The summed E-state index contributed by atoms with van der Waals surface area (Å²) in [5.74, 6) is -2.05. The van der Waals surface area contributed by atoms with E-state index in [0.29, 0.717) is 0 Å². The molecule has 2 N–H and O–H groups in total. The fraction of sp³-hybridized carbons (Fsp3) is 0.154. The third-order valence-corrected chi connectivity index (χ3v) is 4.38. The highest BCUT2D eigenvalue weighted by Crippen LogP contribution is 2.40. The molecule has 146 valence electrons. The molecule has 14 heteroatoms. The van der Waals surface area contributed by atoms with Gasteiger partial charge >= 0.3 is 12.4 Å². The van der Waals surface area contributed by atoms with E-state index in [9.17, 15) is 36.2 Å². The molecule has 0 saturated carbocycles. The Hall–Kier alpha value is -2.05. The first-order chi connectivity index (χ1) is 12.3. The summed E-state index contributed by atoms with van der Waals surface area (Å²) in [6.45, 7) is 0. The zero-order valence-corrected chi connectivity index (χ0v) is 14.7. The molecule has 0 atom stereocenters. The van der Waals surface area contributed by atoms with Gasteiger partial charge in [-0.05, 0) is 12.1 Å². The molecule has 1 aromatic heterocycles. The number of carbonyl (C=O) groups excluding carboxylic acids is 1. The maximum atomic E-state index is 12.8. The topological polar surface area (TPSA) is 74.6 Å². The van der Waals surface area contributed by atoms with Crippen molar-refractivity contribution in [3.63, 3.8) is 0 Å². The average molecular weight is 452 g/mol. The lowest BCUT2D eigenvalue weighted by atomic mass is 10.2. The van der Waals surface area contributed by atoms with Gasteiger partial charge in [0.2, 0.25) is 0 Å². The molecule has 0 aliphatic heterocycles. The predicted molar refractivity (Wildman–Crippen MR) is 85.3 cm³/mol. The number of carbonyl (C=O) groups is 1. The first kappa shape index (κ1) is 21.3. The van der Waals surface area contributed by atoms with Crippen LogP contribution in [0.3, 0.4) is 0 Å². The zero-order valence-electron chi connectivity index (χ0n) is 12.4. The van der Waals surface area contributed by atoms with E-state index in [1.54, 1.807) is 5.43 Å². The number of amides is 1. The summed E-state index contributed by atoms with van der Waals surface area (Å²) >= 11 is 10.9. The van der Waals surface area contributed by atoms with Crippen molar-refractivity contribution in [3.05, 3.63) is 43.3 Å². The molecule has 0 bridgehead atoms. The van der Waals surface area contributed by atoms with Crippen LogP contribution in [0, 0.1) is 0 Å². The number of hydrogen-bond donors (Lipinski definition) is 2. The highest BCUT2D eigenvalue weighted by Gasteiger charge is 2.44. The quantitative estimate of drug-likeness (QED) is 0.393. The van der Waals surface area contributed by atoms with E-state index in [2.05, 4.69) is 10.1 Å². The van der Waals surface area contributed by atoms with Gasteiger partial charge in [0, 0.05) is 10.6 Å². The monoisotopic (exact) mass is 451 g/mol. The molecule has 2 rings (SSSR count). The van der Waals surface area contributed by atoms with Gasteiger partial charge < -0.3 is 5.11 Å². The van der Waals surface area contributed by atoms with E-state index >= 15 is 0 Å². The highest BCUT2D eigenvalue weighted by atomic mass is 35.5. The summed E-state index contributed by atoms with van der Waals surface area (Å²) in [6, 6.07) is 2.37. The number of aromatic hydroxyl groups is 1. The van der Waals surface area contributed by atoms with Gasteiger partial charge in [0.15, 0.2) is 10.7 Å². The molecule has 0 radical (unpaired) electrons. The molecule has 0 aliphatic carbocycles. The van der Waals surface area contributed by atoms with E-state index in [0.717, 1.165) is 6.21 Å². The van der Waals surface area contributed by atoms with Crippen molar-refractivity contribution in [2.75, 3.05) is 0 Å². The Morgan fingerprint density at radius 3 is 2.37 bits per heavy atom. The van der Waals surface area contributed by atoms with Crippen molar-refractivity contribution < 1.29 is 36.2 Å². The van der Waals surface area contributed by atoms with Gasteiger partial charge in [-0.1, -0.05) is 23.2 Å². The Balaban J connectivity index is 2.30. The number of hydrogen-bond acceptors (Lipinski definition) is 5. The molecule has 1 heterocycles. The average Bonchev–Trinajstić information content (AvgIpc) is 2.97. The molecular formula is C13H5Cl2F6N3O2S. The summed E-state index contributed by atoms with van der Waals surface area (Å²) in [5, 5.41) is 11.1. The van der Waals surface area contributed by atoms with Crippen LogP contribution in [0.15, 0.2) is 17.2 Å². The minimum absolute atomic E-state index is 0.0854. The Kier molecular flexibility index (Phi) is 5.92. The second-order valence-electron chi connectivity index (χ2n) is 4.72. The van der Waals surface area contributed by atoms with Crippen LogP contribution in [-0.4, -0.2) is 22.2 Å². The largest absolute Gasteiger partial charge is 0.506 e. The van der Waals surface area contributed by atoms with Gasteiger partial charge in [0.1, 0.15) is 10.6 Å². The number of nitrogens with zero attached hydrogens (tertiary/aromatic N) is 2. The van der Waals surface area contributed by atoms with E-state index in [4.69, 9.17) is 23.2 Å². The molecule has 2 aromatic rings. The van der Waals surface area contributed by atoms with Crippen molar-refractivity contribution >= 4 is 46.7 Å². The number of benzene rings is 1. The van der Waals surface area contributed by atoms with E-state index in [1.165, 1.54) is 12.1 Å². The number of rotatable bonds is 3. The molecule has 5 nitrogen and oxygen atoms in total. The van der Waals surface area contributed by atoms with Crippen molar-refractivity contribution in [2.45, 2.75) is 12.4 Å². The fourth-order valence-electron chi connectivity index (χ4n) is 1.68. The number of aromatic nitrogens is 1. The molecule has 0 fully saturated rings. The van der Waals surface area contributed by atoms with E-state index in [-0.39, 0.29) is 15.6 Å². The second kappa shape index (κ2) is 7.52. The maximum Gasteiger partial charge on any atom is 0.443 e. The Morgan fingerprint density at radius 2 is 1.81 bits per heavy atom. The SMILES string of the molecule is O=C(NN=Cc1cc(Cl)cc(Cl)c1O)c1sc(C(F)(F)F)nc1C(F)(F)F. The molecular weight excluding hydrogens is 447 g/mol. The lowest BCUT2D eigenvalue weighted by Crippen LogP contribution is -2.21. The van der Waals surface area contributed by atoms with Gasteiger partial charge in [0.25, 0.3) is 5.91 Å². The highest BCUT2D eigenvalue weighted by molar-refractivity contribution is 7.13. The van der Waals surface area contributed by atoms with Crippen LogP contribution in [0.1, 0.15) is 25.9 Å². The number of nitrogens with one attached hydrogen (secondary N) is 1. The lowest BCUT2D eigenvalue weighted by molar-refractivity contribution is -0.147. The van der Waals surface area contributed by atoms with Crippen LogP contribution in [0.4, 0.5) is 26.3 Å². The minimum Gasteiger partial charge on any atom is -0.506 e. The number of phenols is 1. The van der Waals surface area contributed by atoms with Crippen LogP contribution >= 0.6 is 34.5 Å². The van der Waals surface area contributed by atoms with Gasteiger partial charge in [-0.2, -0.15) is 31.4 Å². The number of phenolic OH excluding ortho intramolecular Hbond substituents is 1. The van der Waals surface area contributed by atoms with Crippen LogP contribution in [0.25, 0.3) is 0 Å². The smallest absolute Gasteiger partial charge is 0.443 e. The predicted octanol–water partition coefficient (Wildman–Crippen LogP) is 4.96. The first-order valence-electron chi connectivity index (χ1n) is 6.47. The summed E-state index contributed by atoms with van der Waals surface area (Å²) < 4.78 is 76.3. The zero-order chi connectivity index (χ0) is 20.6. The molecule has 1 aromatic carbocycles. The third-order valence-electron chi connectivity index (χ3n) is 2.77. The fourth-order valence-corrected chi connectivity index (χ4v) is 3.03. The van der Waals surface area contributed by atoms with Crippen LogP contribution < -0.4 is 5.43 Å². The molecule has 0 spiro atoms. The second-order valence-corrected chi connectivity index (χ2v) is 6.56. The molecule has 0 saturated heterocycles. The van der Waals surface area contributed by atoms with Crippen LogP contribution in [0.5, 0.6) is 5.75 Å². The first-order valence-corrected chi connectivity index (χ1v) is 8.04. The lowest BCUT2D eigenvalue weighted by Gasteiger charge is -2.05. The number of halogens is 8. The van der Waals surface area contributed by atoms with Gasteiger partial charge in [-0.3, -0.25) is 4.79 Å². The van der Waals surface area contributed by atoms with Crippen molar-refractivity contribution in [1.82, 2.24) is 10.4 Å². The van der Waals surface area contributed by atoms with Crippen molar-refractivity contribution in [2.24, 2.45) is 5.10 Å². The minimum atomic E-state index is -5.28.